The summed E-state index contributed by atoms with van der Waals surface area (Å²) in [6.45, 7) is 18.2. The van der Waals surface area contributed by atoms with E-state index in [0.717, 1.165) is 42.8 Å². The van der Waals surface area contributed by atoms with Gasteiger partial charge in [-0.3, -0.25) is 76.5 Å². The summed E-state index contributed by atoms with van der Waals surface area (Å²) in [6, 6.07) is 6.66. The van der Waals surface area contributed by atoms with Gasteiger partial charge in [-0.1, -0.05) is 54.4 Å². The molecule has 7 aliphatic rings. The van der Waals surface area contributed by atoms with E-state index in [-0.39, 0.29) is 165 Å². The van der Waals surface area contributed by atoms with Crippen LogP contribution in [-0.4, -0.2) is 198 Å². The van der Waals surface area contributed by atoms with E-state index in [0.29, 0.717) is 147 Å². The smallest absolute Gasteiger partial charge is 0.343 e. The van der Waals surface area contributed by atoms with Crippen molar-refractivity contribution in [3.63, 3.8) is 0 Å². The van der Waals surface area contributed by atoms with Crippen molar-refractivity contribution < 1.29 is 116 Å². The van der Waals surface area contributed by atoms with Gasteiger partial charge in [0.05, 0.1) is 72.6 Å². The monoisotopic (exact) mass is 1840 g/mol. The molecule has 0 saturated carbocycles. The Morgan fingerprint density at radius 2 is 0.955 bits per heavy atom. The van der Waals surface area contributed by atoms with Crippen molar-refractivity contribution >= 4 is 105 Å². The molecule has 7 aliphatic heterocycles. The molecule has 11 heterocycles. The molecule has 4 aromatic heterocycles. The first kappa shape index (κ1) is 100.0. The number of nitrogens with one attached hydrogen (secondary N) is 5. The van der Waals surface area contributed by atoms with Crippen LogP contribution >= 0.6 is 0 Å². The fourth-order valence-corrected chi connectivity index (χ4v) is 16.3. The number of amides is 11. The maximum Gasteiger partial charge on any atom is 0.343 e. The van der Waals surface area contributed by atoms with Gasteiger partial charge in [-0.05, 0) is 163 Å². The number of rotatable bonds is 38. The van der Waals surface area contributed by atoms with Gasteiger partial charge in [0.25, 0.3) is 46.6 Å². The first-order valence-electron chi connectivity index (χ1n) is 44.9. The van der Waals surface area contributed by atoms with E-state index in [1.54, 1.807) is 69.7 Å². The molecule has 1 saturated heterocycles. The first-order chi connectivity index (χ1) is 63.2. The Labute approximate surface area is 760 Å². The molecule has 11 amide bonds. The minimum atomic E-state index is -1.95. The van der Waals surface area contributed by atoms with Crippen molar-refractivity contribution in [1.82, 2.24) is 60.5 Å². The minimum absolute atomic E-state index is 0.0213. The highest BCUT2D eigenvalue weighted by molar-refractivity contribution is 6.13. The number of fused-ring (bicyclic) bond motifs is 10. The average Bonchev–Trinajstić information content (AvgIpc) is 1.57. The SMILES string of the molecule is CC[C@@]1(O)C(=O)OCc2c1cc1n(c2=O)Cc2cc3c(CCCCOCNC(=O)[C@H](C)NC(=O)[C@@H](N)C(C)C)c(C)c(F)cc3nc2-1.CC[C@@]1(O)C(=O)OCc2c1cc1n(c2=O)Cc2cc3c(CCCCOCNC(=O)[C@H](C)NC(=O)[C@@H](NC(=O)CCCCCN4C(=O)C=CC4=O)C(C)C)c(C)c(F)cc3nc2-1.O=C(CCCCCN1C(=O)C=CC1=O)ON1C(=O)CCC1=O.[2H]CF. The molecule has 36 nitrogen and oxygen atoms in total. The Morgan fingerprint density at radius 1 is 0.545 bits per heavy atom. The number of hydrogen-bond acceptors (Lipinski definition) is 26. The number of halogens is 3. The van der Waals surface area contributed by atoms with Crippen molar-refractivity contribution in [3.05, 3.63) is 149 Å². The van der Waals surface area contributed by atoms with E-state index < -0.39 is 102 Å². The molecule has 9 N–H and O–H groups in total. The number of unbranched alkanes of at least 4 members (excludes halogenated alkanes) is 6. The third-order valence-electron chi connectivity index (χ3n) is 24.3. The van der Waals surface area contributed by atoms with Crippen LogP contribution in [0.25, 0.3) is 44.6 Å². The largest absolute Gasteiger partial charge is 0.458 e. The number of carbonyl (C=O) groups is 14. The van der Waals surface area contributed by atoms with Gasteiger partial charge in [0.15, 0.2) is 11.2 Å². The van der Waals surface area contributed by atoms with Gasteiger partial charge in [0, 0.05) is 121 Å². The minimum Gasteiger partial charge on any atom is -0.458 e. The standard InChI is InChI=1S/C44H53FN6O10.C34H42FN5O7.C14H16N2O6.CH3F/c1-6-44(59)31-19-34-39-27(21-51(34)42(57)30(31)22-61-43(44)58)18-29-28(25(4)32(45)20-33(29)48-39)12-9-11-17-60-23-46-40(55)26(5)47-41(56)38(24(2)3)49-35(52)13-8-7-10-16-50-36(53)14-15-37(50)54;1-6-34(45)24-12-27-29-20(14-40(27)32(43)23(24)15-47-33(34)44)11-22-21(18(4)25(35)13-26(22)39-29)9-7-8-10-46-16-37-30(41)19(5)38-31(42)28(36)17(2)3;17-10-5-6-11(18)15(10)9-3-1-2-4-14(21)22-16-12(19)7-8-13(16)20;1-2/h14-15,18-20,24,26,38,59H,6-13,16-17,21-23H2,1-5H3,(H,46,55)(H,47,56)(H,49,52);11-13,17,19,28,45H,6-10,14-16,36H2,1-5H3,(H,37,41)(H,38,42);5-6H,1-4,7-9H2;1H3/t26-,38-,44-;19-,28-,34-;;/m00../s1/i;;;1D. The lowest BCUT2D eigenvalue weighted by Gasteiger charge is -2.31. The topological polar surface area (TPSA) is 491 Å². The van der Waals surface area contributed by atoms with Gasteiger partial charge >= 0.3 is 17.9 Å². The Balaban J connectivity index is 0.000000224. The van der Waals surface area contributed by atoms with E-state index >= 15 is 8.78 Å². The highest BCUT2D eigenvalue weighted by Crippen LogP contribution is 2.43. The molecule has 1 fully saturated rings. The molecule has 0 spiro atoms. The quantitative estimate of drug-likeness (QED) is 0.00928. The number of carbonyl (C=O) groups excluding carboxylic acids is 14. The number of cyclic esters (lactones) is 2. The van der Waals surface area contributed by atoms with E-state index in [4.69, 9.17) is 40.9 Å². The van der Waals surface area contributed by atoms with Crippen molar-refractivity contribution in [1.29, 1.82) is 0 Å². The van der Waals surface area contributed by atoms with Crippen LogP contribution in [0.3, 0.4) is 0 Å². The molecule has 0 unspecified atom stereocenters. The van der Waals surface area contributed by atoms with Crippen LogP contribution in [0.15, 0.2) is 70.3 Å². The zero-order chi connectivity index (χ0) is 97.2. The second kappa shape index (κ2) is 45.0. The predicted octanol–water partition coefficient (Wildman–Crippen LogP) is 6.16. The summed E-state index contributed by atoms with van der Waals surface area (Å²) in [5.41, 5.74) is 9.05. The second-order valence-electron chi connectivity index (χ2n) is 33.9. The van der Waals surface area contributed by atoms with E-state index in [9.17, 15) is 91.3 Å². The Bertz CT molecular complexity index is 5690. The zero-order valence-corrected chi connectivity index (χ0v) is 75.6. The summed E-state index contributed by atoms with van der Waals surface area (Å²) < 4.78 is 70.5. The Morgan fingerprint density at radius 3 is 1.36 bits per heavy atom. The van der Waals surface area contributed by atoms with Crippen molar-refractivity contribution in [2.24, 2.45) is 17.6 Å². The third-order valence-corrected chi connectivity index (χ3v) is 24.3. The number of hydroxylamine groups is 2. The van der Waals surface area contributed by atoms with Gasteiger partial charge in [-0.25, -0.2) is 33.1 Å². The van der Waals surface area contributed by atoms with E-state index in [1.165, 1.54) is 43.4 Å². The molecule has 2 aromatic carbocycles. The molecular weight excluding hydrogens is 1720 g/mol. The van der Waals surface area contributed by atoms with Gasteiger partial charge in [0.1, 0.15) is 56.4 Å². The predicted molar refractivity (Wildman–Crippen MR) is 470 cm³/mol. The summed E-state index contributed by atoms with van der Waals surface area (Å²) in [7, 11) is -1.00. The van der Waals surface area contributed by atoms with Crippen LogP contribution in [0.1, 0.15) is 215 Å². The number of nitrogens with zero attached hydrogens (tertiary/aromatic N) is 7. The normalized spacial score (nSPS) is 17.6. The number of benzene rings is 2. The maximum absolute atomic E-state index is 15.3. The van der Waals surface area contributed by atoms with Gasteiger partial charge < -0.3 is 75.4 Å². The van der Waals surface area contributed by atoms with Crippen LogP contribution in [0.4, 0.5) is 13.2 Å². The molecular formula is C93H114F3N13O23. The molecule has 0 radical (unpaired) electrons. The van der Waals surface area contributed by atoms with E-state index in [2.05, 4.69) is 26.6 Å². The summed E-state index contributed by atoms with van der Waals surface area (Å²) in [6.07, 6.45) is 12.3. The summed E-state index contributed by atoms with van der Waals surface area (Å²) >= 11 is 0. The summed E-state index contributed by atoms with van der Waals surface area (Å²) in [4.78, 5) is 211. The number of aryl methyl sites for hydroxylation is 2. The number of ether oxygens (including phenoxy) is 4. The number of aliphatic hydroxyl groups is 2. The fraction of sp³-hybridized carbons (Fsp3) is 0.505. The summed E-state index contributed by atoms with van der Waals surface area (Å²) in [5.74, 6) is -7.75. The van der Waals surface area contributed by atoms with Crippen LogP contribution < -0.4 is 43.4 Å². The molecule has 6 atom stereocenters. The molecule has 132 heavy (non-hydrogen) atoms. The Kier molecular flexibility index (Phi) is 34.1. The number of aromatic nitrogens is 4. The number of esters is 2. The lowest BCUT2D eigenvalue weighted by Crippen LogP contribution is -2.54. The zero-order valence-electron chi connectivity index (χ0n) is 76.6. The highest BCUT2D eigenvalue weighted by atomic mass is 19.1. The summed E-state index contributed by atoms with van der Waals surface area (Å²) in [5, 5.41) is 37.6. The van der Waals surface area contributed by atoms with Crippen molar-refractivity contribution in [2.75, 3.05) is 46.9 Å². The average molecular weight is 1840 g/mol. The van der Waals surface area contributed by atoms with Crippen molar-refractivity contribution in [2.45, 2.75) is 246 Å². The van der Waals surface area contributed by atoms with Crippen molar-refractivity contribution in [3.8, 4) is 22.8 Å². The lowest BCUT2D eigenvalue weighted by atomic mass is 9.86. The Hall–Kier alpha value is -12.6. The number of alkyl halides is 1. The van der Waals surface area contributed by atoms with E-state index in [1.807, 2.05) is 26.0 Å². The molecule has 710 valence electrons. The number of nitrogens with two attached hydrogens (primary N) is 1. The molecule has 0 aliphatic carbocycles. The van der Waals surface area contributed by atoms with Gasteiger partial charge in [-0.2, -0.15) is 0 Å². The molecule has 0 bridgehead atoms. The second-order valence-corrected chi connectivity index (χ2v) is 33.9. The number of pyridine rings is 4. The molecule has 6 aromatic rings. The van der Waals surface area contributed by atoms with Crippen LogP contribution in [-0.2, 0) is 141 Å². The van der Waals surface area contributed by atoms with Crippen LogP contribution in [0.5, 0.6) is 0 Å². The van der Waals surface area contributed by atoms with Crippen LogP contribution in [0.2, 0.25) is 0 Å². The highest BCUT2D eigenvalue weighted by Gasteiger charge is 2.48. The first-order valence-corrected chi connectivity index (χ1v) is 44.2. The van der Waals surface area contributed by atoms with Gasteiger partial charge in [-0.15, -0.1) is 5.06 Å². The number of hydrogen-bond donors (Lipinski definition) is 8. The number of imide groups is 3. The third kappa shape index (κ3) is 23.1. The van der Waals surface area contributed by atoms with Gasteiger partial charge in [0.2, 0.25) is 29.5 Å². The maximum atomic E-state index is 15.3. The fourth-order valence-electron chi connectivity index (χ4n) is 16.3. The van der Waals surface area contributed by atoms with Crippen LogP contribution in [0, 0.1) is 37.3 Å². The molecule has 13 rings (SSSR count). The lowest BCUT2D eigenvalue weighted by molar-refractivity contribution is -0.197. The molecule has 39 heteroatoms.